The Hall–Kier alpha value is -1.97. The first-order valence-electron chi connectivity index (χ1n) is 11.7. The van der Waals surface area contributed by atoms with Crippen LogP contribution < -0.4 is 10.9 Å². The largest absolute Gasteiger partial charge is 0.514 e. The van der Waals surface area contributed by atoms with Crippen LogP contribution in [-0.4, -0.2) is 56.1 Å². The molecule has 0 atom stereocenters. The monoisotopic (exact) mass is 441 g/mol. The van der Waals surface area contributed by atoms with Gasteiger partial charge in [0.2, 0.25) is 0 Å². The summed E-state index contributed by atoms with van der Waals surface area (Å²) in [5.74, 6) is 0.419. The molecule has 8 nitrogen and oxygen atoms in total. The molecule has 0 amide bonds. The van der Waals surface area contributed by atoms with Gasteiger partial charge in [-0.25, -0.2) is 4.68 Å². The first-order chi connectivity index (χ1) is 15.1. The van der Waals surface area contributed by atoms with Gasteiger partial charge < -0.3 is 19.7 Å². The lowest BCUT2D eigenvalue weighted by Crippen LogP contribution is -2.41. The van der Waals surface area contributed by atoms with Crippen molar-refractivity contribution in [1.82, 2.24) is 20.0 Å². The normalized spacial score (nSPS) is 24.8. The van der Waals surface area contributed by atoms with Crippen LogP contribution in [0.3, 0.4) is 0 Å². The van der Waals surface area contributed by atoms with Crippen molar-refractivity contribution in [3.63, 3.8) is 0 Å². The maximum Gasteiger partial charge on any atom is 0.514 e. The number of hydrogen-bond acceptors (Lipinski definition) is 7. The number of aromatic nitrogens is 4. The van der Waals surface area contributed by atoms with E-state index in [2.05, 4.69) is 34.5 Å². The maximum atomic E-state index is 9.39. The Kier molecular flexibility index (Phi) is 6.35. The third-order valence-corrected chi connectivity index (χ3v) is 7.10. The topological polar surface area (TPSA) is 94.3 Å². The summed E-state index contributed by atoms with van der Waals surface area (Å²) in [6.07, 6.45) is 7.94. The van der Waals surface area contributed by atoms with Crippen molar-refractivity contribution in [2.24, 2.45) is 5.92 Å². The number of aliphatic hydroxyl groups excluding tert-OH is 1. The third kappa shape index (κ3) is 4.56. The summed E-state index contributed by atoms with van der Waals surface area (Å²) in [4.78, 5) is 4.68. The molecule has 0 spiro atoms. The van der Waals surface area contributed by atoms with Gasteiger partial charge in [0.05, 0.1) is 29.0 Å². The van der Waals surface area contributed by atoms with Gasteiger partial charge in [0.25, 0.3) is 0 Å². The number of rotatable bonds is 6. The molecule has 1 aliphatic carbocycles. The molecule has 0 bridgehead atoms. The molecule has 2 fully saturated rings. The van der Waals surface area contributed by atoms with E-state index in [-0.39, 0.29) is 12.6 Å². The van der Waals surface area contributed by atoms with E-state index in [0.717, 1.165) is 48.2 Å². The van der Waals surface area contributed by atoms with Crippen molar-refractivity contribution < 1.29 is 14.4 Å². The Morgan fingerprint density at radius 2 is 1.81 bits per heavy atom. The Labute approximate surface area is 191 Å². The standard InChI is InChI=1S/C23H36BN5O3/c1-15(2)26-19-11-21(24-31-22(3,4)23(5,6)32-24)25-12-18(19)20-13-29(28-27-20)17-9-7-16(14-30)8-10-17/h11-13,15-17,30H,7-10,14H2,1-6H3,(H,25,26)/t16-,17-. The second-order valence-corrected chi connectivity index (χ2v) is 10.5. The van der Waals surface area contributed by atoms with E-state index in [9.17, 15) is 5.11 Å². The van der Waals surface area contributed by atoms with Crippen LogP contribution in [0.25, 0.3) is 11.3 Å². The number of anilines is 1. The average Bonchev–Trinajstić information content (AvgIpc) is 3.30. The minimum absolute atomic E-state index is 0.242. The molecule has 174 valence electrons. The van der Waals surface area contributed by atoms with Crippen LogP contribution in [0.15, 0.2) is 18.5 Å². The molecule has 0 radical (unpaired) electrons. The summed E-state index contributed by atoms with van der Waals surface area (Å²) < 4.78 is 14.4. The van der Waals surface area contributed by atoms with Crippen molar-refractivity contribution >= 4 is 18.4 Å². The molecule has 2 aromatic rings. The molecule has 32 heavy (non-hydrogen) atoms. The van der Waals surface area contributed by atoms with E-state index in [1.807, 2.05) is 50.8 Å². The van der Waals surface area contributed by atoms with Crippen molar-refractivity contribution in [1.29, 1.82) is 0 Å². The van der Waals surface area contributed by atoms with Crippen LogP contribution >= 0.6 is 0 Å². The number of aliphatic hydroxyl groups is 1. The molecule has 2 aromatic heterocycles. The fourth-order valence-corrected chi connectivity index (χ4v) is 4.37. The molecule has 2 aliphatic rings. The molecule has 4 rings (SSSR count). The zero-order chi connectivity index (χ0) is 23.1. The number of nitrogens with one attached hydrogen (secondary N) is 1. The number of hydrogen-bond donors (Lipinski definition) is 2. The second kappa shape index (κ2) is 8.76. The van der Waals surface area contributed by atoms with Crippen LogP contribution in [0, 0.1) is 5.92 Å². The quantitative estimate of drug-likeness (QED) is 0.665. The average molecular weight is 441 g/mol. The lowest BCUT2D eigenvalue weighted by molar-refractivity contribution is 0.00578. The smallest absolute Gasteiger partial charge is 0.398 e. The Bertz CT molecular complexity index is 921. The van der Waals surface area contributed by atoms with Gasteiger partial charge in [0.1, 0.15) is 5.69 Å². The lowest BCUT2D eigenvalue weighted by atomic mass is 9.83. The number of nitrogens with zero attached hydrogens (tertiary/aromatic N) is 4. The summed E-state index contributed by atoms with van der Waals surface area (Å²) in [7, 11) is -0.515. The molecule has 1 aliphatic heterocycles. The van der Waals surface area contributed by atoms with Gasteiger partial charge in [-0.15, -0.1) is 5.10 Å². The summed E-state index contributed by atoms with van der Waals surface area (Å²) in [6.45, 7) is 12.7. The van der Waals surface area contributed by atoms with E-state index >= 15 is 0 Å². The van der Waals surface area contributed by atoms with E-state index < -0.39 is 18.3 Å². The van der Waals surface area contributed by atoms with E-state index in [1.54, 1.807) is 0 Å². The molecule has 0 aromatic carbocycles. The predicted octanol–water partition coefficient (Wildman–Crippen LogP) is 3.18. The Balaban J connectivity index is 1.59. The van der Waals surface area contributed by atoms with Crippen molar-refractivity contribution in [2.75, 3.05) is 11.9 Å². The van der Waals surface area contributed by atoms with Crippen molar-refractivity contribution in [2.45, 2.75) is 90.5 Å². The van der Waals surface area contributed by atoms with Crippen LogP contribution in [0.5, 0.6) is 0 Å². The van der Waals surface area contributed by atoms with Gasteiger partial charge in [-0.1, -0.05) is 5.21 Å². The third-order valence-electron chi connectivity index (χ3n) is 7.10. The van der Waals surface area contributed by atoms with E-state index in [0.29, 0.717) is 12.0 Å². The Morgan fingerprint density at radius 3 is 2.41 bits per heavy atom. The van der Waals surface area contributed by atoms with E-state index in [4.69, 9.17) is 9.31 Å². The SMILES string of the molecule is CC(C)Nc1cc(B2OC(C)(C)C(C)(C)O2)ncc1-c1cn([C@H]2CC[C@H](CO)CC2)nn1. The molecule has 0 unspecified atom stereocenters. The van der Waals surface area contributed by atoms with Crippen LogP contribution in [0.4, 0.5) is 5.69 Å². The predicted molar refractivity (Wildman–Crippen MR) is 126 cm³/mol. The minimum atomic E-state index is -0.515. The summed E-state index contributed by atoms with van der Waals surface area (Å²) in [6, 6.07) is 2.58. The molecule has 1 saturated heterocycles. The van der Waals surface area contributed by atoms with Gasteiger partial charge >= 0.3 is 7.12 Å². The van der Waals surface area contributed by atoms with Crippen LogP contribution in [-0.2, 0) is 9.31 Å². The fourth-order valence-electron chi connectivity index (χ4n) is 4.37. The van der Waals surface area contributed by atoms with Gasteiger partial charge in [-0.05, 0) is 79.2 Å². The molecule has 1 saturated carbocycles. The molecule has 3 heterocycles. The highest BCUT2D eigenvalue weighted by atomic mass is 16.7. The van der Waals surface area contributed by atoms with Gasteiger partial charge in [0, 0.05) is 30.1 Å². The summed E-state index contributed by atoms with van der Waals surface area (Å²) >= 11 is 0. The minimum Gasteiger partial charge on any atom is -0.398 e. The highest BCUT2D eigenvalue weighted by Crippen LogP contribution is 2.37. The number of pyridine rings is 1. The highest BCUT2D eigenvalue weighted by molar-refractivity contribution is 6.61. The first-order valence-corrected chi connectivity index (χ1v) is 11.7. The fraction of sp³-hybridized carbons (Fsp3) is 0.696. The highest BCUT2D eigenvalue weighted by Gasteiger charge is 2.52. The maximum absolute atomic E-state index is 9.39. The van der Waals surface area contributed by atoms with E-state index in [1.165, 1.54) is 0 Å². The van der Waals surface area contributed by atoms with Crippen molar-refractivity contribution in [3.05, 3.63) is 18.5 Å². The molecule has 9 heteroatoms. The van der Waals surface area contributed by atoms with Gasteiger partial charge in [0.15, 0.2) is 0 Å². The lowest BCUT2D eigenvalue weighted by Gasteiger charge is -2.32. The second-order valence-electron chi connectivity index (χ2n) is 10.5. The molecular formula is C23H36BN5O3. The molecular weight excluding hydrogens is 405 g/mol. The zero-order valence-corrected chi connectivity index (χ0v) is 20.1. The summed E-state index contributed by atoms with van der Waals surface area (Å²) in [5.41, 5.74) is 2.56. The van der Waals surface area contributed by atoms with Crippen LogP contribution in [0.1, 0.15) is 73.3 Å². The van der Waals surface area contributed by atoms with Crippen LogP contribution in [0.2, 0.25) is 0 Å². The Morgan fingerprint density at radius 1 is 1.16 bits per heavy atom. The molecule has 2 N–H and O–H groups in total. The van der Waals surface area contributed by atoms with Gasteiger partial charge in [-0.2, -0.15) is 0 Å². The summed E-state index contributed by atoms with van der Waals surface area (Å²) in [5, 5.41) is 21.8. The van der Waals surface area contributed by atoms with Gasteiger partial charge in [-0.3, -0.25) is 4.98 Å². The van der Waals surface area contributed by atoms with Crippen molar-refractivity contribution in [3.8, 4) is 11.3 Å². The zero-order valence-electron chi connectivity index (χ0n) is 20.1. The first kappa shape index (κ1) is 23.2.